The third-order valence-electron chi connectivity index (χ3n) is 10.4. The summed E-state index contributed by atoms with van der Waals surface area (Å²) in [6.07, 6.45) is -14.2. The van der Waals surface area contributed by atoms with Gasteiger partial charge in [-0.1, -0.05) is 0 Å². The van der Waals surface area contributed by atoms with Crippen molar-refractivity contribution >= 4 is 11.9 Å². The summed E-state index contributed by atoms with van der Waals surface area (Å²) in [5, 5.41) is 88.3. The second kappa shape index (κ2) is 15.4. The first-order valence-corrected chi connectivity index (χ1v) is 16.6. The quantitative estimate of drug-likeness (QED) is 0.0700. The third kappa shape index (κ3) is 7.67. The number of likely N-dealkylation sites (tertiary alicyclic amines) is 1. The van der Waals surface area contributed by atoms with Gasteiger partial charge in [-0.05, 0) is 31.7 Å². The van der Waals surface area contributed by atoms with Gasteiger partial charge in [0.15, 0.2) is 18.5 Å². The molecule has 3 saturated heterocycles. The van der Waals surface area contributed by atoms with Gasteiger partial charge in [-0.2, -0.15) is 0 Å². The molecule has 0 aromatic rings. The van der Waals surface area contributed by atoms with Crippen molar-refractivity contribution in [1.29, 1.82) is 5.41 Å². The number of guanidine groups is 1. The van der Waals surface area contributed by atoms with Crippen molar-refractivity contribution in [2.45, 2.75) is 129 Å². The van der Waals surface area contributed by atoms with Crippen LogP contribution in [0.25, 0.3) is 0 Å². The fourth-order valence-electron chi connectivity index (χ4n) is 7.18. The average Bonchev–Trinajstić information content (AvgIpc) is 3.03. The topological polar surface area (TPSA) is 377 Å². The Morgan fingerprint density at radius 2 is 1.51 bits per heavy atom. The van der Waals surface area contributed by atoms with Crippen LogP contribution in [0.5, 0.6) is 0 Å². The van der Waals surface area contributed by atoms with Gasteiger partial charge in [0.2, 0.25) is 5.72 Å². The molecule has 16 unspecified atom stereocenters. The van der Waals surface area contributed by atoms with E-state index in [1.54, 1.807) is 0 Å². The van der Waals surface area contributed by atoms with Crippen molar-refractivity contribution in [3.63, 3.8) is 0 Å². The Morgan fingerprint density at radius 1 is 0.857 bits per heavy atom. The number of hydrogen-bond acceptors (Lipinski definition) is 18. The van der Waals surface area contributed by atoms with Crippen LogP contribution in [-0.4, -0.2) is 182 Å². The monoisotopic (exact) mass is 707 g/mol. The van der Waals surface area contributed by atoms with Gasteiger partial charge in [0, 0.05) is 31.6 Å². The molecule has 3 aliphatic heterocycles. The van der Waals surface area contributed by atoms with Crippen molar-refractivity contribution < 1.29 is 59.5 Å². The maximum atomic E-state index is 13.3. The Hall–Kier alpha value is -1.90. The molecule has 1 amide bonds. The maximum Gasteiger partial charge on any atom is 0.273 e. The summed E-state index contributed by atoms with van der Waals surface area (Å²) in [7, 11) is 0. The second-order valence-electron chi connectivity index (χ2n) is 13.9. The first-order valence-electron chi connectivity index (χ1n) is 16.6. The summed E-state index contributed by atoms with van der Waals surface area (Å²) in [6.45, 7) is 0.221. The number of aliphatic hydroxyl groups excluding tert-OH is 6. The van der Waals surface area contributed by atoms with Gasteiger partial charge >= 0.3 is 0 Å². The summed E-state index contributed by atoms with van der Waals surface area (Å²) < 4.78 is 23.6. The Balaban J connectivity index is 1.33. The molecule has 0 aromatic heterocycles. The smallest absolute Gasteiger partial charge is 0.273 e. The molecule has 5 aliphatic rings. The zero-order valence-electron chi connectivity index (χ0n) is 27.0. The van der Waals surface area contributed by atoms with Crippen LogP contribution in [0.2, 0.25) is 0 Å². The van der Waals surface area contributed by atoms with Gasteiger partial charge in [0.05, 0.1) is 24.7 Å². The molecule has 21 nitrogen and oxygen atoms in total. The van der Waals surface area contributed by atoms with Gasteiger partial charge < -0.3 is 98.9 Å². The molecule has 49 heavy (non-hydrogen) atoms. The lowest BCUT2D eigenvalue weighted by molar-refractivity contribution is -0.320. The molecule has 2 aliphatic carbocycles. The molecule has 5 fully saturated rings. The summed E-state index contributed by atoms with van der Waals surface area (Å²) in [6, 6.07) is -4.66. The number of amides is 1. The second-order valence-corrected chi connectivity index (χ2v) is 13.9. The number of aliphatic hydroxyl groups is 7. The van der Waals surface area contributed by atoms with E-state index in [1.165, 1.54) is 0 Å². The Bertz CT molecular complexity index is 1160. The van der Waals surface area contributed by atoms with Crippen molar-refractivity contribution in [2.75, 3.05) is 26.2 Å². The Morgan fingerprint density at radius 3 is 2.10 bits per heavy atom. The fourth-order valence-corrected chi connectivity index (χ4v) is 7.18. The molecule has 2 saturated carbocycles. The van der Waals surface area contributed by atoms with Crippen molar-refractivity contribution in [3.05, 3.63) is 0 Å². The van der Waals surface area contributed by atoms with Crippen LogP contribution in [0.4, 0.5) is 0 Å². The van der Waals surface area contributed by atoms with Crippen molar-refractivity contribution in [2.24, 2.45) is 34.6 Å². The maximum absolute atomic E-state index is 13.3. The number of hydrogen-bond donors (Lipinski definition) is 15. The number of nitrogens with one attached hydrogen (secondary N) is 3. The van der Waals surface area contributed by atoms with E-state index in [9.17, 15) is 40.5 Å². The van der Waals surface area contributed by atoms with Gasteiger partial charge in [0.1, 0.15) is 54.9 Å². The van der Waals surface area contributed by atoms with Crippen LogP contribution in [0.1, 0.15) is 25.7 Å². The molecule has 0 bridgehead atoms. The number of rotatable bonds is 11. The number of carbonyl (C=O) groups is 1. The van der Waals surface area contributed by atoms with Crippen LogP contribution >= 0.6 is 0 Å². The molecule has 16 atom stereocenters. The predicted octanol–water partition coefficient (Wildman–Crippen LogP) is -8.51. The van der Waals surface area contributed by atoms with Crippen LogP contribution < -0.4 is 39.3 Å². The van der Waals surface area contributed by atoms with E-state index in [2.05, 4.69) is 10.6 Å². The minimum Gasteiger partial charge on any atom is -0.394 e. The predicted molar refractivity (Wildman–Crippen MR) is 166 cm³/mol. The standard InChI is InChI=1S/C28H53N9O12/c29-10-3-9(4-10)6-35-7-13-18(40)19(41)16(32)24(46-13)48-22-11(30)5-12(36-26(44)28(45)1-2-37(28)27(33)34)23(21(22)43)49-25-20(42)15(31)17(39)14(8-38)47-25/h9-25,35,38-43,45H,1-8,29-32H2,(H3,33,34)(H,36,44). The molecular weight excluding hydrogens is 654 g/mol. The molecule has 5 rings (SSSR count). The van der Waals surface area contributed by atoms with Crippen LogP contribution in [0.3, 0.4) is 0 Å². The lowest BCUT2D eigenvalue weighted by atomic mass is 9.81. The molecule has 3 heterocycles. The van der Waals surface area contributed by atoms with E-state index in [0.29, 0.717) is 12.5 Å². The fraction of sp³-hybridized carbons (Fsp3) is 0.929. The molecule has 0 radical (unpaired) electrons. The Kier molecular flexibility index (Phi) is 12.0. The molecule has 20 N–H and O–H groups in total. The first-order chi connectivity index (χ1) is 23.1. The summed E-state index contributed by atoms with van der Waals surface area (Å²) >= 11 is 0. The highest BCUT2D eigenvalue weighted by Crippen LogP contribution is 2.34. The van der Waals surface area contributed by atoms with E-state index >= 15 is 0 Å². The number of carbonyl (C=O) groups excluding carboxylic acids is 1. The van der Waals surface area contributed by atoms with Crippen LogP contribution in [0.15, 0.2) is 0 Å². The molecule has 282 valence electrons. The highest BCUT2D eigenvalue weighted by Gasteiger charge is 2.55. The van der Waals surface area contributed by atoms with E-state index in [-0.39, 0.29) is 32.0 Å². The summed E-state index contributed by atoms with van der Waals surface area (Å²) in [5.74, 6) is -1.13. The minimum absolute atomic E-state index is 0.0539. The van der Waals surface area contributed by atoms with Gasteiger partial charge in [-0.25, -0.2) is 0 Å². The normalized spacial score (nSPS) is 48.7. The van der Waals surface area contributed by atoms with E-state index in [1.807, 2.05) is 0 Å². The van der Waals surface area contributed by atoms with Crippen LogP contribution in [0, 0.1) is 11.3 Å². The highest BCUT2D eigenvalue weighted by atomic mass is 16.7. The molecule has 0 aromatic carbocycles. The van der Waals surface area contributed by atoms with Gasteiger partial charge in [0.25, 0.3) is 5.91 Å². The Labute approximate surface area is 282 Å². The van der Waals surface area contributed by atoms with Crippen molar-refractivity contribution in [1.82, 2.24) is 15.5 Å². The van der Waals surface area contributed by atoms with Gasteiger partial charge in [-0.15, -0.1) is 0 Å². The first kappa shape index (κ1) is 38.3. The third-order valence-corrected chi connectivity index (χ3v) is 10.4. The van der Waals surface area contributed by atoms with E-state index < -0.39 is 116 Å². The number of nitrogens with two attached hydrogens (primary N) is 5. The molecule has 0 spiro atoms. The molecule has 21 heteroatoms. The molecular formula is C28H53N9O12. The number of ether oxygens (including phenoxy) is 4. The largest absolute Gasteiger partial charge is 0.394 e. The minimum atomic E-state index is -2.17. The lowest BCUT2D eigenvalue weighted by Gasteiger charge is -2.51. The summed E-state index contributed by atoms with van der Waals surface area (Å²) in [5.41, 5.74) is 27.8. The zero-order chi connectivity index (χ0) is 35.9. The van der Waals surface area contributed by atoms with Gasteiger partial charge in [-0.3, -0.25) is 10.2 Å². The SMILES string of the molecule is N=C(N)N1CCC1(O)C(=O)NC1CC(N)C(OC2OC(CNCC3CC(N)C3)C(O)C(O)C2N)C(O)C1OC1OC(CO)C(O)C(N)C1O. The average molecular weight is 708 g/mol. The van der Waals surface area contributed by atoms with E-state index in [0.717, 1.165) is 17.7 Å². The van der Waals surface area contributed by atoms with Crippen LogP contribution in [-0.2, 0) is 23.7 Å². The lowest BCUT2D eigenvalue weighted by Crippen LogP contribution is -2.74. The highest BCUT2D eigenvalue weighted by molar-refractivity contribution is 5.91. The zero-order valence-corrected chi connectivity index (χ0v) is 27.0. The van der Waals surface area contributed by atoms with Crippen molar-refractivity contribution in [3.8, 4) is 0 Å². The summed E-state index contributed by atoms with van der Waals surface area (Å²) in [4.78, 5) is 14.3. The van der Waals surface area contributed by atoms with E-state index in [4.69, 9.17) is 53.0 Å². The number of nitrogens with zero attached hydrogens (tertiary/aromatic N) is 1.